The summed E-state index contributed by atoms with van der Waals surface area (Å²) in [6, 6.07) is 10.0. The first kappa shape index (κ1) is 12.5. The Kier molecular flexibility index (Phi) is 5.97. The minimum absolute atomic E-state index is 0.0319. The fourth-order valence-electron chi connectivity index (χ4n) is 1.07. The molecular weight excluding hydrogens is 220 g/mol. The number of rotatable bonds is 5. The molecule has 0 fully saturated rings. The number of carbonyl (C=O) groups is 1. The van der Waals surface area contributed by atoms with E-state index in [1.165, 1.54) is 6.08 Å². The Balaban J connectivity index is 2.40. The monoisotopic (exact) mass is 232 g/mol. The zero-order valence-electron chi connectivity index (χ0n) is 8.84. The largest absolute Gasteiger partial charge is 0.294 e. The van der Waals surface area contributed by atoms with Crippen molar-refractivity contribution in [3.8, 4) is 0 Å². The number of alkyl halides is 1. The highest BCUT2D eigenvalue weighted by Crippen LogP contribution is 2.00. The third-order valence-electron chi connectivity index (χ3n) is 1.84. The SMILES string of the molecule is O=C(/C=C/C=C/C=C/c1ccccc1)CCl. The Labute approximate surface area is 101 Å². The fraction of sp³-hybridized carbons (Fsp3) is 0.0714. The number of ketones is 1. The molecule has 0 saturated carbocycles. The maximum Gasteiger partial charge on any atom is 0.170 e. The van der Waals surface area contributed by atoms with Crippen LogP contribution >= 0.6 is 11.6 Å². The molecule has 0 unspecified atom stereocenters. The molecule has 0 aliphatic heterocycles. The summed E-state index contributed by atoms with van der Waals surface area (Å²) in [5.41, 5.74) is 1.15. The van der Waals surface area contributed by atoms with E-state index in [9.17, 15) is 4.79 Å². The molecule has 0 aromatic heterocycles. The lowest BCUT2D eigenvalue weighted by Crippen LogP contribution is -1.90. The molecule has 1 aromatic rings. The molecule has 0 bridgehead atoms. The molecule has 0 atom stereocenters. The Bertz CT molecular complexity index is 402. The van der Waals surface area contributed by atoms with Crippen LogP contribution in [0.4, 0.5) is 0 Å². The highest BCUT2D eigenvalue weighted by atomic mass is 35.5. The quantitative estimate of drug-likeness (QED) is 0.431. The molecule has 1 rings (SSSR count). The van der Waals surface area contributed by atoms with Crippen molar-refractivity contribution in [1.29, 1.82) is 0 Å². The summed E-state index contributed by atoms with van der Waals surface area (Å²) in [5, 5.41) is 0. The standard InChI is InChI=1S/C14H13ClO/c15-12-14(16)11-7-2-1-4-8-13-9-5-3-6-10-13/h1-11H,12H2/b2-1+,8-4+,11-7+. The van der Waals surface area contributed by atoms with Crippen LogP contribution in [0, 0.1) is 0 Å². The normalized spacial score (nSPS) is 11.8. The highest BCUT2D eigenvalue weighted by molar-refractivity contribution is 6.29. The van der Waals surface area contributed by atoms with Crippen LogP contribution in [0.5, 0.6) is 0 Å². The number of benzene rings is 1. The highest BCUT2D eigenvalue weighted by Gasteiger charge is 1.87. The Hall–Kier alpha value is -1.60. The van der Waals surface area contributed by atoms with Gasteiger partial charge in [0.05, 0.1) is 5.88 Å². The lowest BCUT2D eigenvalue weighted by atomic mass is 10.2. The molecule has 0 saturated heterocycles. The minimum Gasteiger partial charge on any atom is -0.294 e. The third-order valence-corrected chi connectivity index (χ3v) is 2.10. The van der Waals surface area contributed by atoms with Crippen molar-refractivity contribution >= 4 is 23.5 Å². The zero-order valence-corrected chi connectivity index (χ0v) is 9.60. The smallest absolute Gasteiger partial charge is 0.170 e. The topological polar surface area (TPSA) is 17.1 Å². The summed E-state index contributed by atoms with van der Waals surface area (Å²) < 4.78 is 0. The Morgan fingerprint density at radius 1 is 1.06 bits per heavy atom. The van der Waals surface area contributed by atoms with Gasteiger partial charge < -0.3 is 0 Å². The van der Waals surface area contributed by atoms with Crippen LogP contribution in [0.15, 0.2) is 60.7 Å². The summed E-state index contributed by atoms with van der Waals surface area (Å²) in [6.07, 6.45) is 10.7. The van der Waals surface area contributed by atoms with E-state index in [0.717, 1.165) is 5.56 Å². The summed E-state index contributed by atoms with van der Waals surface area (Å²) in [5.74, 6) is -0.0529. The van der Waals surface area contributed by atoms with Crippen molar-refractivity contribution in [2.24, 2.45) is 0 Å². The van der Waals surface area contributed by atoms with Crippen molar-refractivity contribution in [2.75, 3.05) is 5.88 Å². The first-order valence-corrected chi connectivity index (χ1v) is 5.51. The van der Waals surface area contributed by atoms with E-state index in [1.54, 1.807) is 12.2 Å². The fourth-order valence-corrected chi connectivity index (χ4v) is 1.16. The van der Waals surface area contributed by atoms with Crippen LogP contribution < -0.4 is 0 Å². The average molecular weight is 233 g/mol. The second kappa shape index (κ2) is 7.66. The molecule has 2 heteroatoms. The van der Waals surface area contributed by atoms with E-state index in [-0.39, 0.29) is 11.7 Å². The van der Waals surface area contributed by atoms with Gasteiger partial charge in [-0.25, -0.2) is 0 Å². The van der Waals surface area contributed by atoms with Gasteiger partial charge in [0.25, 0.3) is 0 Å². The predicted molar refractivity (Wildman–Crippen MR) is 69.5 cm³/mol. The van der Waals surface area contributed by atoms with Gasteiger partial charge in [-0.2, -0.15) is 0 Å². The second-order valence-electron chi connectivity index (χ2n) is 3.11. The first-order valence-electron chi connectivity index (χ1n) is 4.98. The van der Waals surface area contributed by atoms with E-state index in [0.29, 0.717) is 0 Å². The third kappa shape index (κ3) is 5.32. The van der Waals surface area contributed by atoms with Crippen LogP contribution in [0.2, 0.25) is 0 Å². The van der Waals surface area contributed by atoms with Crippen molar-refractivity contribution in [3.05, 3.63) is 66.3 Å². The van der Waals surface area contributed by atoms with Gasteiger partial charge in [-0.05, 0) is 11.6 Å². The summed E-state index contributed by atoms with van der Waals surface area (Å²) >= 11 is 5.33. The number of hydrogen-bond acceptors (Lipinski definition) is 1. The Morgan fingerprint density at radius 3 is 2.44 bits per heavy atom. The van der Waals surface area contributed by atoms with Crippen LogP contribution in [0.25, 0.3) is 6.08 Å². The van der Waals surface area contributed by atoms with Gasteiger partial charge in [0.1, 0.15) is 0 Å². The van der Waals surface area contributed by atoms with Gasteiger partial charge >= 0.3 is 0 Å². The van der Waals surface area contributed by atoms with Gasteiger partial charge in [0, 0.05) is 0 Å². The van der Waals surface area contributed by atoms with Crippen LogP contribution in [-0.2, 0) is 4.79 Å². The van der Waals surface area contributed by atoms with Crippen molar-refractivity contribution in [2.45, 2.75) is 0 Å². The summed E-state index contributed by atoms with van der Waals surface area (Å²) in [4.78, 5) is 10.8. The number of allylic oxidation sites excluding steroid dienone is 5. The summed E-state index contributed by atoms with van der Waals surface area (Å²) in [6.45, 7) is 0. The molecule has 16 heavy (non-hydrogen) atoms. The molecule has 0 N–H and O–H groups in total. The van der Waals surface area contributed by atoms with E-state index in [4.69, 9.17) is 11.6 Å². The maximum absolute atomic E-state index is 10.8. The van der Waals surface area contributed by atoms with Crippen molar-refractivity contribution < 1.29 is 4.79 Å². The molecule has 1 nitrogen and oxygen atoms in total. The van der Waals surface area contributed by atoms with Gasteiger partial charge in [0.2, 0.25) is 0 Å². The van der Waals surface area contributed by atoms with E-state index >= 15 is 0 Å². The maximum atomic E-state index is 10.8. The Morgan fingerprint density at radius 2 is 1.75 bits per heavy atom. The predicted octanol–water partition coefficient (Wildman–Crippen LogP) is 3.62. The molecule has 0 heterocycles. The van der Waals surface area contributed by atoms with Gasteiger partial charge in [-0.15, -0.1) is 11.6 Å². The molecule has 82 valence electrons. The van der Waals surface area contributed by atoms with E-state index in [2.05, 4.69) is 0 Å². The van der Waals surface area contributed by atoms with Gasteiger partial charge in [-0.1, -0.05) is 60.7 Å². The zero-order chi connectivity index (χ0) is 11.6. The number of carbonyl (C=O) groups excluding carboxylic acids is 1. The lowest BCUT2D eigenvalue weighted by Gasteiger charge is -1.87. The van der Waals surface area contributed by atoms with Gasteiger partial charge in [-0.3, -0.25) is 4.79 Å². The first-order chi connectivity index (χ1) is 7.83. The van der Waals surface area contributed by atoms with Gasteiger partial charge in [0.15, 0.2) is 5.78 Å². The number of halogens is 1. The molecule has 0 aliphatic carbocycles. The summed E-state index contributed by atoms with van der Waals surface area (Å²) in [7, 11) is 0. The molecule has 0 amide bonds. The van der Waals surface area contributed by atoms with Crippen LogP contribution in [-0.4, -0.2) is 11.7 Å². The molecular formula is C14H13ClO. The van der Waals surface area contributed by atoms with Crippen LogP contribution in [0.1, 0.15) is 5.56 Å². The molecule has 0 spiro atoms. The average Bonchev–Trinajstić information content (AvgIpc) is 2.34. The van der Waals surface area contributed by atoms with Crippen molar-refractivity contribution in [3.63, 3.8) is 0 Å². The van der Waals surface area contributed by atoms with E-state index in [1.807, 2.05) is 48.6 Å². The lowest BCUT2D eigenvalue weighted by molar-refractivity contribution is -0.112. The minimum atomic E-state index is -0.0849. The molecule has 1 aromatic carbocycles. The second-order valence-corrected chi connectivity index (χ2v) is 3.38. The number of hydrogen-bond donors (Lipinski definition) is 0. The molecule has 0 aliphatic rings. The van der Waals surface area contributed by atoms with Crippen molar-refractivity contribution in [1.82, 2.24) is 0 Å². The molecule has 0 radical (unpaired) electrons. The van der Waals surface area contributed by atoms with Crippen LogP contribution in [0.3, 0.4) is 0 Å². The van der Waals surface area contributed by atoms with E-state index < -0.39 is 0 Å².